The van der Waals surface area contributed by atoms with Gasteiger partial charge in [0.15, 0.2) is 0 Å². The average molecular weight is 442 g/mol. The molecule has 0 spiro atoms. The Balaban J connectivity index is 1.47. The van der Waals surface area contributed by atoms with Gasteiger partial charge in [0.2, 0.25) is 0 Å². The molecule has 0 saturated heterocycles. The van der Waals surface area contributed by atoms with Crippen molar-refractivity contribution in [3.05, 3.63) is 87.9 Å². The van der Waals surface area contributed by atoms with E-state index in [0.29, 0.717) is 6.61 Å². The first-order valence-electron chi connectivity index (χ1n) is 8.77. The smallest absolute Gasteiger partial charge is 0.139 e. The Morgan fingerprint density at radius 3 is 2.48 bits per heavy atom. The van der Waals surface area contributed by atoms with Crippen LogP contribution in [0.5, 0.6) is 11.5 Å². The number of rotatable bonds is 6. The van der Waals surface area contributed by atoms with Crippen molar-refractivity contribution >= 4 is 27.9 Å². The summed E-state index contributed by atoms with van der Waals surface area (Å²) in [7, 11) is 1.69. The van der Waals surface area contributed by atoms with Gasteiger partial charge in [-0.15, -0.1) is 0 Å². The molecule has 0 fully saturated rings. The van der Waals surface area contributed by atoms with E-state index in [1.807, 2.05) is 30.3 Å². The van der Waals surface area contributed by atoms with Crippen molar-refractivity contribution in [1.29, 1.82) is 0 Å². The highest BCUT2D eigenvalue weighted by atomic mass is 79.9. The van der Waals surface area contributed by atoms with Crippen LogP contribution in [0.4, 0.5) is 0 Å². The molecule has 3 aromatic carbocycles. The largest absolute Gasteiger partial charge is 0.497 e. The highest BCUT2D eigenvalue weighted by molar-refractivity contribution is 9.10. The van der Waals surface area contributed by atoms with E-state index in [1.165, 1.54) is 21.6 Å². The van der Waals surface area contributed by atoms with Gasteiger partial charge < -0.3 is 9.47 Å². The van der Waals surface area contributed by atoms with Gasteiger partial charge in [-0.2, -0.15) is 0 Å². The van der Waals surface area contributed by atoms with Gasteiger partial charge in [0.1, 0.15) is 18.1 Å². The van der Waals surface area contributed by atoms with Crippen LogP contribution in [0.2, 0.25) is 0 Å². The molecule has 5 heteroatoms. The number of ether oxygens (including phenoxy) is 2. The molecule has 0 N–H and O–H groups in total. The molecule has 27 heavy (non-hydrogen) atoms. The predicted molar refractivity (Wildman–Crippen MR) is 113 cm³/mol. The van der Waals surface area contributed by atoms with Gasteiger partial charge in [0.05, 0.1) is 11.6 Å². The van der Waals surface area contributed by atoms with E-state index in [0.717, 1.165) is 29.1 Å². The van der Waals surface area contributed by atoms with E-state index in [1.54, 1.807) is 19.1 Å². The molecule has 0 unspecified atom stereocenters. The number of hydrogen-bond acceptors (Lipinski definition) is 4. The van der Waals surface area contributed by atoms with Crippen LogP contribution in [0, 0.1) is 0 Å². The van der Waals surface area contributed by atoms with Crippen LogP contribution in [-0.4, -0.2) is 11.4 Å². The van der Waals surface area contributed by atoms with E-state index < -0.39 is 0 Å². The Hall–Kier alpha value is -1.95. The predicted octanol–water partition coefficient (Wildman–Crippen LogP) is 6.06. The summed E-state index contributed by atoms with van der Waals surface area (Å²) in [6, 6.07) is 22.7. The van der Waals surface area contributed by atoms with Gasteiger partial charge in [0, 0.05) is 23.5 Å². The van der Waals surface area contributed by atoms with Crippen molar-refractivity contribution in [2.75, 3.05) is 7.11 Å². The summed E-state index contributed by atoms with van der Waals surface area (Å²) in [5.74, 6) is 1.83. The van der Waals surface area contributed by atoms with Crippen LogP contribution in [-0.2, 0) is 19.7 Å². The van der Waals surface area contributed by atoms with Crippen molar-refractivity contribution in [2.45, 2.75) is 24.6 Å². The normalized spacial score (nSPS) is 13.4. The number of benzene rings is 3. The molecule has 3 nitrogen and oxygen atoms in total. The van der Waals surface area contributed by atoms with Gasteiger partial charge in [-0.25, -0.2) is 4.31 Å². The minimum Gasteiger partial charge on any atom is -0.497 e. The van der Waals surface area contributed by atoms with Crippen LogP contribution in [0.25, 0.3) is 0 Å². The molecular formula is C22H20BrNO2S. The lowest BCUT2D eigenvalue weighted by Crippen LogP contribution is -2.10. The Labute approximate surface area is 172 Å². The summed E-state index contributed by atoms with van der Waals surface area (Å²) in [4.78, 5) is 1.26. The number of methoxy groups -OCH3 is 1. The number of hydrogen-bond donors (Lipinski definition) is 0. The number of halogens is 1. The van der Waals surface area contributed by atoms with Crippen LogP contribution in [0.15, 0.2) is 76.1 Å². The molecule has 3 aromatic rings. The van der Waals surface area contributed by atoms with Gasteiger partial charge in [-0.3, -0.25) is 0 Å². The maximum absolute atomic E-state index is 6.19. The standard InChI is InChI=1S/C22H20BrNO2S/c1-25-18-9-7-16(8-10-18)13-24-14-19-21(27-24)12-11-20(23)22(19)26-15-17-5-3-2-4-6-17/h2-12H,13-15H2,1H3. The molecule has 0 atom stereocenters. The van der Waals surface area contributed by atoms with E-state index in [2.05, 4.69) is 56.6 Å². The zero-order valence-electron chi connectivity index (χ0n) is 15.0. The van der Waals surface area contributed by atoms with Crippen molar-refractivity contribution in [2.24, 2.45) is 0 Å². The van der Waals surface area contributed by atoms with Gasteiger partial charge >= 0.3 is 0 Å². The van der Waals surface area contributed by atoms with Crippen LogP contribution in [0.1, 0.15) is 16.7 Å². The zero-order chi connectivity index (χ0) is 18.6. The molecule has 0 aromatic heterocycles. The van der Waals surface area contributed by atoms with Crippen molar-refractivity contribution < 1.29 is 9.47 Å². The van der Waals surface area contributed by atoms with E-state index in [-0.39, 0.29) is 0 Å². The summed E-state index contributed by atoms with van der Waals surface area (Å²) < 4.78 is 14.8. The van der Waals surface area contributed by atoms with E-state index >= 15 is 0 Å². The Morgan fingerprint density at radius 1 is 0.963 bits per heavy atom. The molecule has 1 aliphatic heterocycles. The molecule has 138 valence electrons. The van der Waals surface area contributed by atoms with Gasteiger partial charge in [-0.1, -0.05) is 42.5 Å². The average Bonchev–Trinajstić information content (AvgIpc) is 3.11. The van der Waals surface area contributed by atoms with Gasteiger partial charge in [-0.05, 0) is 63.3 Å². The lowest BCUT2D eigenvalue weighted by atomic mass is 10.1. The quantitative estimate of drug-likeness (QED) is 0.433. The highest BCUT2D eigenvalue weighted by Crippen LogP contribution is 2.44. The highest BCUT2D eigenvalue weighted by Gasteiger charge is 2.25. The summed E-state index contributed by atoms with van der Waals surface area (Å²) in [6.07, 6.45) is 0. The maximum Gasteiger partial charge on any atom is 0.139 e. The second kappa shape index (κ2) is 8.38. The Kier molecular flexibility index (Phi) is 5.72. The summed E-state index contributed by atoms with van der Waals surface area (Å²) in [5.41, 5.74) is 3.68. The van der Waals surface area contributed by atoms with Crippen LogP contribution >= 0.6 is 27.9 Å². The number of fused-ring (bicyclic) bond motifs is 1. The van der Waals surface area contributed by atoms with Crippen LogP contribution < -0.4 is 9.47 Å². The first kappa shape index (κ1) is 18.4. The minimum atomic E-state index is 0.568. The zero-order valence-corrected chi connectivity index (χ0v) is 17.4. The van der Waals surface area contributed by atoms with E-state index in [4.69, 9.17) is 9.47 Å². The Morgan fingerprint density at radius 2 is 1.74 bits per heavy atom. The summed E-state index contributed by atoms with van der Waals surface area (Å²) >= 11 is 5.45. The minimum absolute atomic E-state index is 0.568. The second-order valence-corrected chi connectivity index (χ2v) is 8.36. The molecule has 0 radical (unpaired) electrons. The first-order chi connectivity index (χ1) is 13.2. The Bertz CT molecular complexity index is 916. The lowest BCUT2D eigenvalue weighted by Gasteiger charge is -2.14. The first-order valence-corrected chi connectivity index (χ1v) is 10.3. The molecule has 0 saturated carbocycles. The fourth-order valence-corrected chi connectivity index (χ4v) is 4.64. The van der Waals surface area contributed by atoms with Crippen molar-refractivity contribution in [3.63, 3.8) is 0 Å². The molecule has 0 amide bonds. The summed E-state index contributed by atoms with van der Waals surface area (Å²) in [5, 5.41) is 0. The molecule has 0 aliphatic carbocycles. The van der Waals surface area contributed by atoms with E-state index in [9.17, 15) is 0 Å². The fourth-order valence-electron chi connectivity index (χ4n) is 3.07. The second-order valence-electron chi connectivity index (χ2n) is 6.36. The monoisotopic (exact) mass is 441 g/mol. The van der Waals surface area contributed by atoms with Crippen molar-refractivity contribution in [3.8, 4) is 11.5 Å². The topological polar surface area (TPSA) is 21.7 Å². The SMILES string of the molecule is COc1ccc(CN2Cc3c(ccc(Br)c3OCc3ccccc3)S2)cc1. The third kappa shape index (κ3) is 4.32. The maximum atomic E-state index is 6.19. The summed E-state index contributed by atoms with van der Waals surface area (Å²) in [6.45, 7) is 2.30. The molecule has 4 rings (SSSR count). The third-order valence-electron chi connectivity index (χ3n) is 4.48. The van der Waals surface area contributed by atoms with Crippen LogP contribution in [0.3, 0.4) is 0 Å². The third-order valence-corrected chi connectivity index (χ3v) is 6.20. The molecule has 0 bridgehead atoms. The number of nitrogens with zero attached hydrogens (tertiary/aromatic N) is 1. The lowest BCUT2D eigenvalue weighted by molar-refractivity contribution is 0.297. The molecule has 1 aliphatic rings. The fraction of sp³-hybridized carbons (Fsp3) is 0.182. The molecular weight excluding hydrogens is 422 g/mol. The van der Waals surface area contributed by atoms with Gasteiger partial charge in [0.25, 0.3) is 0 Å². The molecule has 1 heterocycles. The van der Waals surface area contributed by atoms with Crippen molar-refractivity contribution in [1.82, 2.24) is 4.31 Å².